The summed E-state index contributed by atoms with van der Waals surface area (Å²) < 4.78 is 11.3. The smallest absolute Gasteiger partial charge is 0.161 e. The monoisotopic (exact) mass is 264 g/mol. The number of ether oxygens (including phenoxy) is 2. The van der Waals surface area contributed by atoms with Gasteiger partial charge in [0.15, 0.2) is 11.5 Å². The molecular formula is C16H24O3. The van der Waals surface area contributed by atoms with Crippen LogP contribution in [0.2, 0.25) is 0 Å². The van der Waals surface area contributed by atoms with Gasteiger partial charge in [0.1, 0.15) is 6.10 Å². The standard InChI is InChI=1S/C16H24O3/c1-3-6-12-9-10-13(17)16(11-12)19-15-8-5-4-7-14(15)18-2/h4-5,7-8,12-13,16-17H,3,6,9-11H2,1-2H3. The predicted octanol–water partition coefficient (Wildman–Crippen LogP) is 3.40. The number of rotatable bonds is 5. The molecule has 3 atom stereocenters. The van der Waals surface area contributed by atoms with Gasteiger partial charge in [-0.2, -0.15) is 0 Å². The molecule has 2 rings (SSSR count). The first-order chi connectivity index (χ1) is 9.24. The Morgan fingerprint density at radius 3 is 2.63 bits per heavy atom. The van der Waals surface area contributed by atoms with Crippen molar-refractivity contribution in [1.82, 2.24) is 0 Å². The second-order valence-corrected chi connectivity index (χ2v) is 5.34. The van der Waals surface area contributed by atoms with Crippen molar-refractivity contribution in [2.24, 2.45) is 5.92 Å². The molecule has 3 nitrogen and oxygen atoms in total. The number of aliphatic hydroxyl groups excluding tert-OH is 1. The topological polar surface area (TPSA) is 38.7 Å². The summed E-state index contributed by atoms with van der Waals surface area (Å²) in [7, 11) is 1.64. The normalized spacial score (nSPS) is 27.0. The Kier molecular flexibility index (Phi) is 5.08. The van der Waals surface area contributed by atoms with Gasteiger partial charge in [-0.05, 0) is 37.3 Å². The van der Waals surface area contributed by atoms with Gasteiger partial charge in [0.25, 0.3) is 0 Å². The zero-order valence-corrected chi connectivity index (χ0v) is 11.8. The third-order valence-electron chi connectivity index (χ3n) is 3.91. The lowest BCUT2D eigenvalue weighted by Crippen LogP contribution is -2.38. The molecule has 0 spiro atoms. The second kappa shape index (κ2) is 6.80. The Labute approximate surface area is 115 Å². The Bertz CT molecular complexity index is 391. The third-order valence-corrected chi connectivity index (χ3v) is 3.91. The van der Waals surface area contributed by atoms with Crippen LogP contribution < -0.4 is 9.47 Å². The molecular weight excluding hydrogens is 240 g/mol. The lowest BCUT2D eigenvalue weighted by Gasteiger charge is -2.33. The fourth-order valence-corrected chi connectivity index (χ4v) is 2.87. The van der Waals surface area contributed by atoms with Crippen molar-refractivity contribution < 1.29 is 14.6 Å². The maximum atomic E-state index is 10.1. The molecule has 3 unspecified atom stereocenters. The minimum Gasteiger partial charge on any atom is -0.493 e. The van der Waals surface area contributed by atoms with Crippen LogP contribution in [0.4, 0.5) is 0 Å². The van der Waals surface area contributed by atoms with E-state index in [-0.39, 0.29) is 12.2 Å². The van der Waals surface area contributed by atoms with Crippen molar-refractivity contribution in [2.75, 3.05) is 7.11 Å². The molecule has 0 heterocycles. The van der Waals surface area contributed by atoms with Gasteiger partial charge >= 0.3 is 0 Å². The summed E-state index contributed by atoms with van der Waals surface area (Å²) in [5, 5.41) is 10.1. The van der Waals surface area contributed by atoms with Gasteiger partial charge in [-0.25, -0.2) is 0 Å². The Balaban J connectivity index is 2.03. The highest BCUT2D eigenvalue weighted by Gasteiger charge is 2.30. The molecule has 0 saturated heterocycles. The van der Waals surface area contributed by atoms with Crippen LogP contribution in [0, 0.1) is 5.92 Å². The highest BCUT2D eigenvalue weighted by atomic mass is 16.5. The minimum absolute atomic E-state index is 0.110. The van der Waals surface area contributed by atoms with Crippen LogP contribution in [0.25, 0.3) is 0 Å². The number of methoxy groups -OCH3 is 1. The zero-order chi connectivity index (χ0) is 13.7. The quantitative estimate of drug-likeness (QED) is 0.885. The van der Waals surface area contributed by atoms with E-state index < -0.39 is 0 Å². The largest absolute Gasteiger partial charge is 0.493 e. The first-order valence-electron chi connectivity index (χ1n) is 7.22. The van der Waals surface area contributed by atoms with Crippen molar-refractivity contribution >= 4 is 0 Å². The summed E-state index contributed by atoms with van der Waals surface area (Å²) in [5.74, 6) is 2.13. The summed E-state index contributed by atoms with van der Waals surface area (Å²) in [5.41, 5.74) is 0. The maximum absolute atomic E-state index is 10.1. The van der Waals surface area contributed by atoms with E-state index in [0.29, 0.717) is 5.92 Å². The summed E-state index contributed by atoms with van der Waals surface area (Å²) in [6, 6.07) is 7.63. The first-order valence-corrected chi connectivity index (χ1v) is 7.22. The molecule has 0 radical (unpaired) electrons. The van der Waals surface area contributed by atoms with Crippen LogP contribution in [-0.2, 0) is 0 Å². The molecule has 1 aliphatic rings. The van der Waals surface area contributed by atoms with Crippen molar-refractivity contribution in [3.63, 3.8) is 0 Å². The predicted molar refractivity (Wildman–Crippen MR) is 75.7 cm³/mol. The fourth-order valence-electron chi connectivity index (χ4n) is 2.87. The molecule has 3 heteroatoms. The molecule has 106 valence electrons. The number of hydrogen-bond acceptors (Lipinski definition) is 3. The van der Waals surface area contributed by atoms with Gasteiger partial charge in [-0.3, -0.25) is 0 Å². The van der Waals surface area contributed by atoms with Gasteiger partial charge in [-0.1, -0.05) is 31.9 Å². The van der Waals surface area contributed by atoms with Crippen LogP contribution >= 0.6 is 0 Å². The van der Waals surface area contributed by atoms with E-state index in [0.717, 1.165) is 30.8 Å². The zero-order valence-electron chi connectivity index (χ0n) is 11.8. The van der Waals surface area contributed by atoms with Crippen LogP contribution in [0.3, 0.4) is 0 Å². The SMILES string of the molecule is CCCC1CCC(O)C(Oc2ccccc2OC)C1. The fraction of sp³-hybridized carbons (Fsp3) is 0.625. The Morgan fingerprint density at radius 2 is 1.95 bits per heavy atom. The second-order valence-electron chi connectivity index (χ2n) is 5.34. The number of para-hydroxylation sites is 2. The van der Waals surface area contributed by atoms with E-state index >= 15 is 0 Å². The van der Waals surface area contributed by atoms with Gasteiger partial charge in [-0.15, -0.1) is 0 Å². The van der Waals surface area contributed by atoms with Gasteiger partial charge in [0.05, 0.1) is 13.2 Å². The molecule has 1 N–H and O–H groups in total. The van der Waals surface area contributed by atoms with Crippen molar-refractivity contribution in [3.05, 3.63) is 24.3 Å². The molecule has 1 saturated carbocycles. The lowest BCUT2D eigenvalue weighted by molar-refractivity contribution is -0.0127. The van der Waals surface area contributed by atoms with E-state index in [1.165, 1.54) is 12.8 Å². The molecule has 1 fully saturated rings. The molecule has 1 aliphatic carbocycles. The van der Waals surface area contributed by atoms with Crippen molar-refractivity contribution in [3.8, 4) is 11.5 Å². The van der Waals surface area contributed by atoms with Gasteiger partial charge in [0.2, 0.25) is 0 Å². The number of aliphatic hydroxyl groups is 1. The number of hydrogen-bond donors (Lipinski definition) is 1. The molecule has 19 heavy (non-hydrogen) atoms. The minimum atomic E-state index is -0.363. The van der Waals surface area contributed by atoms with E-state index in [1.54, 1.807) is 7.11 Å². The molecule has 1 aromatic rings. The van der Waals surface area contributed by atoms with E-state index in [1.807, 2.05) is 24.3 Å². The maximum Gasteiger partial charge on any atom is 0.161 e. The van der Waals surface area contributed by atoms with E-state index in [2.05, 4.69) is 6.92 Å². The first kappa shape index (κ1) is 14.2. The lowest BCUT2D eigenvalue weighted by atomic mass is 9.83. The number of benzene rings is 1. The Hall–Kier alpha value is -1.22. The molecule has 0 bridgehead atoms. The molecule has 0 aliphatic heterocycles. The summed E-state index contributed by atoms with van der Waals surface area (Å²) >= 11 is 0. The molecule has 1 aromatic carbocycles. The van der Waals surface area contributed by atoms with Crippen LogP contribution in [-0.4, -0.2) is 24.4 Å². The van der Waals surface area contributed by atoms with Crippen LogP contribution in [0.5, 0.6) is 11.5 Å². The summed E-state index contributed by atoms with van der Waals surface area (Å²) in [6.07, 6.45) is 4.83. The van der Waals surface area contributed by atoms with Gasteiger partial charge < -0.3 is 14.6 Å². The average Bonchev–Trinajstić information content (AvgIpc) is 2.43. The highest BCUT2D eigenvalue weighted by molar-refractivity contribution is 5.39. The Morgan fingerprint density at radius 1 is 1.21 bits per heavy atom. The highest BCUT2D eigenvalue weighted by Crippen LogP contribution is 2.34. The summed E-state index contributed by atoms with van der Waals surface area (Å²) in [4.78, 5) is 0. The summed E-state index contributed by atoms with van der Waals surface area (Å²) in [6.45, 7) is 2.21. The van der Waals surface area contributed by atoms with E-state index in [9.17, 15) is 5.11 Å². The molecule has 0 amide bonds. The molecule has 0 aromatic heterocycles. The van der Waals surface area contributed by atoms with Crippen molar-refractivity contribution in [2.45, 2.75) is 51.2 Å². The van der Waals surface area contributed by atoms with Crippen LogP contribution in [0.1, 0.15) is 39.0 Å². The van der Waals surface area contributed by atoms with Crippen LogP contribution in [0.15, 0.2) is 24.3 Å². The van der Waals surface area contributed by atoms with E-state index in [4.69, 9.17) is 9.47 Å². The average molecular weight is 264 g/mol. The third kappa shape index (κ3) is 3.63. The van der Waals surface area contributed by atoms with Crippen molar-refractivity contribution in [1.29, 1.82) is 0 Å². The van der Waals surface area contributed by atoms with Gasteiger partial charge in [0, 0.05) is 0 Å².